The van der Waals surface area contributed by atoms with Crippen LogP contribution in [0.1, 0.15) is 29.2 Å². The van der Waals surface area contributed by atoms with E-state index < -0.39 is 12.2 Å². The zero-order valence-electron chi connectivity index (χ0n) is 9.23. The molecule has 0 aromatic heterocycles. The molecule has 0 spiro atoms. The number of benzene rings is 1. The molecule has 4 heteroatoms. The fourth-order valence-corrected chi connectivity index (χ4v) is 2.04. The van der Waals surface area contributed by atoms with Gasteiger partial charge < -0.3 is 15.3 Å². The number of rotatable bonds is 5. The van der Waals surface area contributed by atoms with E-state index >= 15 is 0 Å². The minimum absolute atomic E-state index is 0.00778. The van der Waals surface area contributed by atoms with E-state index in [4.69, 9.17) is 5.11 Å². The molecular formula is C12H17BrO3. The average molecular weight is 289 g/mol. The molecule has 0 aliphatic carbocycles. The van der Waals surface area contributed by atoms with Gasteiger partial charge in [0.05, 0.1) is 12.7 Å². The third-order valence-corrected chi connectivity index (χ3v) is 3.11. The van der Waals surface area contributed by atoms with E-state index in [2.05, 4.69) is 15.9 Å². The predicted octanol–water partition coefficient (Wildman–Crippen LogP) is 1.67. The highest BCUT2D eigenvalue weighted by atomic mass is 79.9. The number of aryl methyl sites for hydroxylation is 1. The van der Waals surface area contributed by atoms with E-state index in [1.807, 2.05) is 6.92 Å². The van der Waals surface area contributed by atoms with Crippen molar-refractivity contribution in [3.8, 4) is 0 Å². The zero-order chi connectivity index (χ0) is 12.1. The molecule has 90 valence electrons. The Kier molecular flexibility index (Phi) is 5.41. The van der Waals surface area contributed by atoms with Crippen molar-refractivity contribution >= 4 is 15.9 Å². The number of hydrogen-bond acceptors (Lipinski definition) is 3. The second-order valence-corrected chi connectivity index (χ2v) is 4.63. The maximum atomic E-state index is 9.87. The summed E-state index contributed by atoms with van der Waals surface area (Å²) in [6.07, 6.45) is -1.13. The maximum Gasteiger partial charge on any atom is 0.105 e. The molecule has 1 aromatic rings. The van der Waals surface area contributed by atoms with Gasteiger partial charge in [-0.2, -0.15) is 0 Å². The van der Waals surface area contributed by atoms with E-state index in [9.17, 15) is 10.2 Å². The minimum atomic E-state index is -0.871. The Bertz CT molecular complexity index is 341. The second-order valence-electron chi connectivity index (χ2n) is 3.83. The second kappa shape index (κ2) is 6.35. The Morgan fingerprint density at radius 1 is 1.31 bits per heavy atom. The first kappa shape index (κ1) is 13.6. The van der Waals surface area contributed by atoms with Crippen molar-refractivity contribution in [1.82, 2.24) is 0 Å². The largest absolute Gasteiger partial charge is 0.392 e. The molecule has 2 atom stereocenters. The summed E-state index contributed by atoms with van der Waals surface area (Å²) in [6, 6.07) is 5.31. The third kappa shape index (κ3) is 3.28. The molecule has 1 rings (SSSR count). The number of hydrogen-bond donors (Lipinski definition) is 3. The molecule has 0 radical (unpaired) electrons. The van der Waals surface area contributed by atoms with Gasteiger partial charge in [-0.15, -0.1) is 0 Å². The van der Waals surface area contributed by atoms with Gasteiger partial charge in [0.2, 0.25) is 0 Å². The molecule has 2 unspecified atom stereocenters. The molecule has 16 heavy (non-hydrogen) atoms. The fourth-order valence-electron chi connectivity index (χ4n) is 1.57. The third-order valence-electron chi connectivity index (χ3n) is 2.65. The summed E-state index contributed by atoms with van der Waals surface area (Å²) < 4.78 is 0. The van der Waals surface area contributed by atoms with Crippen LogP contribution in [0.15, 0.2) is 18.2 Å². The lowest BCUT2D eigenvalue weighted by Crippen LogP contribution is -2.18. The molecule has 0 aliphatic heterocycles. The van der Waals surface area contributed by atoms with Gasteiger partial charge >= 0.3 is 0 Å². The van der Waals surface area contributed by atoms with Crippen LogP contribution in [0, 0.1) is 6.92 Å². The SMILES string of the molecule is Cc1cc(C(O)C(O)CCBr)ccc1CO. The van der Waals surface area contributed by atoms with Crippen molar-refractivity contribution in [2.24, 2.45) is 0 Å². The van der Waals surface area contributed by atoms with Crippen LogP contribution in [0.5, 0.6) is 0 Å². The molecule has 0 amide bonds. The van der Waals surface area contributed by atoms with Gasteiger partial charge in [-0.1, -0.05) is 34.1 Å². The van der Waals surface area contributed by atoms with Gasteiger partial charge in [0, 0.05) is 5.33 Å². The molecule has 0 aliphatic rings. The van der Waals surface area contributed by atoms with Gasteiger partial charge in [-0.05, 0) is 30.0 Å². The molecule has 3 nitrogen and oxygen atoms in total. The van der Waals surface area contributed by atoms with Gasteiger partial charge in [0.25, 0.3) is 0 Å². The highest BCUT2D eigenvalue weighted by Crippen LogP contribution is 2.22. The highest BCUT2D eigenvalue weighted by Gasteiger charge is 2.17. The standard InChI is InChI=1S/C12H17BrO3/c1-8-6-9(2-3-10(8)7-14)12(16)11(15)4-5-13/h2-3,6,11-12,14-16H,4-5,7H2,1H3. The van der Waals surface area contributed by atoms with Crippen LogP contribution < -0.4 is 0 Å². The first-order valence-corrected chi connectivity index (χ1v) is 6.34. The molecule has 3 N–H and O–H groups in total. The summed E-state index contributed by atoms with van der Waals surface area (Å²) in [5.74, 6) is 0. The van der Waals surface area contributed by atoms with Gasteiger partial charge in [0.1, 0.15) is 6.10 Å². The smallest absolute Gasteiger partial charge is 0.105 e. The number of aliphatic hydroxyl groups excluding tert-OH is 3. The molecule has 0 bridgehead atoms. The lowest BCUT2D eigenvalue weighted by atomic mass is 9.98. The zero-order valence-corrected chi connectivity index (χ0v) is 10.8. The summed E-state index contributed by atoms with van der Waals surface area (Å²) in [5.41, 5.74) is 2.44. The Morgan fingerprint density at radius 2 is 2.00 bits per heavy atom. The van der Waals surface area contributed by atoms with Crippen LogP contribution in [0.25, 0.3) is 0 Å². The summed E-state index contributed by atoms with van der Waals surface area (Å²) in [6.45, 7) is 1.87. The van der Waals surface area contributed by atoms with Crippen LogP contribution >= 0.6 is 15.9 Å². The van der Waals surface area contributed by atoms with E-state index in [1.54, 1.807) is 18.2 Å². The average Bonchev–Trinajstić information content (AvgIpc) is 2.28. The van der Waals surface area contributed by atoms with E-state index in [0.29, 0.717) is 17.3 Å². The first-order chi connectivity index (χ1) is 7.60. The topological polar surface area (TPSA) is 60.7 Å². The molecular weight excluding hydrogens is 272 g/mol. The van der Waals surface area contributed by atoms with Crippen molar-refractivity contribution in [3.63, 3.8) is 0 Å². The van der Waals surface area contributed by atoms with Crippen molar-refractivity contribution in [1.29, 1.82) is 0 Å². The quantitative estimate of drug-likeness (QED) is 0.723. The summed E-state index contributed by atoms with van der Waals surface area (Å²) in [7, 11) is 0. The summed E-state index contributed by atoms with van der Waals surface area (Å²) in [5, 5.41) is 29.2. The van der Waals surface area contributed by atoms with E-state index in [-0.39, 0.29) is 6.61 Å². The van der Waals surface area contributed by atoms with Crippen molar-refractivity contribution in [3.05, 3.63) is 34.9 Å². The highest BCUT2D eigenvalue weighted by molar-refractivity contribution is 9.09. The van der Waals surface area contributed by atoms with E-state index in [1.165, 1.54) is 0 Å². The van der Waals surface area contributed by atoms with E-state index in [0.717, 1.165) is 11.1 Å². The summed E-state index contributed by atoms with van der Waals surface area (Å²) in [4.78, 5) is 0. The van der Waals surface area contributed by atoms with Crippen LogP contribution in [0.4, 0.5) is 0 Å². The minimum Gasteiger partial charge on any atom is -0.392 e. The fraction of sp³-hybridized carbons (Fsp3) is 0.500. The number of halogens is 1. The lowest BCUT2D eigenvalue weighted by Gasteiger charge is -2.18. The van der Waals surface area contributed by atoms with Crippen LogP contribution in [-0.4, -0.2) is 26.8 Å². The predicted molar refractivity (Wildman–Crippen MR) is 66.5 cm³/mol. The monoisotopic (exact) mass is 288 g/mol. The summed E-state index contributed by atoms with van der Waals surface area (Å²) >= 11 is 3.22. The lowest BCUT2D eigenvalue weighted by molar-refractivity contribution is 0.0173. The normalized spacial score (nSPS) is 14.8. The van der Waals surface area contributed by atoms with Gasteiger partial charge in [-0.3, -0.25) is 0 Å². The molecule has 0 heterocycles. The van der Waals surface area contributed by atoms with Crippen molar-refractivity contribution in [2.75, 3.05) is 5.33 Å². The number of aliphatic hydroxyl groups is 3. The Balaban J connectivity index is 2.84. The van der Waals surface area contributed by atoms with Gasteiger partial charge in [-0.25, -0.2) is 0 Å². The molecule has 0 saturated carbocycles. The Labute approximate surface area is 104 Å². The van der Waals surface area contributed by atoms with Crippen LogP contribution in [0.3, 0.4) is 0 Å². The van der Waals surface area contributed by atoms with Crippen LogP contribution in [0.2, 0.25) is 0 Å². The Hall–Kier alpha value is -0.420. The van der Waals surface area contributed by atoms with Crippen LogP contribution in [-0.2, 0) is 6.61 Å². The Morgan fingerprint density at radius 3 is 2.50 bits per heavy atom. The maximum absolute atomic E-state index is 9.87. The number of alkyl halides is 1. The van der Waals surface area contributed by atoms with Crippen molar-refractivity contribution in [2.45, 2.75) is 32.2 Å². The molecule has 0 fully saturated rings. The molecule has 0 saturated heterocycles. The van der Waals surface area contributed by atoms with Gasteiger partial charge in [0.15, 0.2) is 0 Å². The van der Waals surface area contributed by atoms with Crippen molar-refractivity contribution < 1.29 is 15.3 Å². The molecule has 1 aromatic carbocycles. The first-order valence-electron chi connectivity index (χ1n) is 5.22.